The van der Waals surface area contributed by atoms with Crippen LogP contribution in [0.15, 0.2) is 12.1 Å². The molecule has 6 heteroatoms. The number of nitrogen functional groups attached to an aromatic ring is 1. The molecule has 0 bridgehead atoms. The molecule has 1 unspecified atom stereocenters. The molecule has 0 saturated carbocycles. The standard InChI is InChI=1S/C13H17ClN2O2S/c1-2-9-7-16(3-4-19-9)12-10(13(17)18)5-8(15)6-11(12)14/h5-6,9H,2-4,7,15H2,1H3,(H,17,18). The molecule has 1 aliphatic rings. The van der Waals surface area contributed by atoms with E-state index >= 15 is 0 Å². The monoisotopic (exact) mass is 300 g/mol. The average molecular weight is 301 g/mol. The lowest BCUT2D eigenvalue weighted by molar-refractivity contribution is 0.0697. The van der Waals surface area contributed by atoms with Crippen molar-refractivity contribution in [3.63, 3.8) is 0 Å². The lowest BCUT2D eigenvalue weighted by atomic mass is 10.1. The van der Waals surface area contributed by atoms with Crippen molar-refractivity contribution < 1.29 is 9.90 Å². The van der Waals surface area contributed by atoms with Crippen molar-refractivity contribution in [3.05, 3.63) is 22.7 Å². The smallest absolute Gasteiger partial charge is 0.337 e. The summed E-state index contributed by atoms with van der Waals surface area (Å²) < 4.78 is 0. The van der Waals surface area contributed by atoms with Gasteiger partial charge >= 0.3 is 5.97 Å². The van der Waals surface area contributed by atoms with E-state index in [9.17, 15) is 9.90 Å². The van der Waals surface area contributed by atoms with Gasteiger partial charge < -0.3 is 15.7 Å². The summed E-state index contributed by atoms with van der Waals surface area (Å²) >= 11 is 8.14. The second-order valence-electron chi connectivity index (χ2n) is 4.55. The number of carboxylic acid groups (broad SMARTS) is 1. The van der Waals surface area contributed by atoms with Crippen LogP contribution in [0.5, 0.6) is 0 Å². The number of aromatic carboxylic acids is 1. The van der Waals surface area contributed by atoms with E-state index in [0.29, 0.717) is 21.6 Å². The summed E-state index contributed by atoms with van der Waals surface area (Å²) in [4.78, 5) is 13.4. The van der Waals surface area contributed by atoms with Gasteiger partial charge in [-0.1, -0.05) is 18.5 Å². The predicted molar refractivity (Wildman–Crippen MR) is 81.6 cm³/mol. The third-order valence-corrected chi connectivity index (χ3v) is 4.89. The van der Waals surface area contributed by atoms with Crippen LogP contribution in [0, 0.1) is 0 Å². The van der Waals surface area contributed by atoms with E-state index in [2.05, 4.69) is 11.8 Å². The van der Waals surface area contributed by atoms with E-state index < -0.39 is 5.97 Å². The zero-order chi connectivity index (χ0) is 14.0. The Kier molecular flexibility index (Phi) is 4.47. The second-order valence-corrected chi connectivity index (χ2v) is 6.37. The lowest BCUT2D eigenvalue weighted by Crippen LogP contribution is -2.38. The Labute approximate surface area is 121 Å². The Balaban J connectivity index is 2.40. The highest BCUT2D eigenvalue weighted by molar-refractivity contribution is 8.00. The highest BCUT2D eigenvalue weighted by Crippen LogP contribution is 2.35. The van der Waals surface area contributed by atoms with E-state index in [1.165, 1.54) is 6.07 Å². The van der Waals surface area contributed by atoms with Gasteiger partial charge in [0.2, 0.25) is 0 Å². The van der Waals surface area contributed by atoms with Crippen LogP contribution < -0.4 is 10.6 Å². The van der Waals surface area contributed by atoms with Gasteiger partial charge in [-0.2, -0.15) is 11.8 Å². The molecule has 2 rings (SSSR count). The number of carbonyl (C=O) groups is 1. The van der Waals surface area contributed by atoms with Gasteiger partial charge in [0.15, 0.2) is 0 Å². The molecule has 1 aliphatic heterocycles. The minimum Gasteiger partial charge on any atom is -0.478 e. The number of anilines is 2. The number of halogens is 1. The first-order chi connectivity index (χ1) is 9.02. The van der Waals surface area contributed by atoms with E-state index in [1.54, 1.807) is 6.07 Å². The molecule has 1 atom stereocenters. The molecule has 3 N–H and O–H groups in total. The fourth-order valence-corrected chi connectivity index (χ4v) is 3.80. The summed E-state index contributed by atoms with van der Waals surface area (Å²) in [5.74, 6) is -0.00591. The Hall–Kier alpha value is -1.07. The molecule has 1 saturated heterocycles. The molecule has 0 aromatic heterocycles. The van der Waals surface area contributed by atoms with Crippen LogP contribution in [0.1, 0.15) is 23.7 Å². The highest BCUT2D eigenvalue weighted by Gasteiger charge is 2.25. The lowest BCUT2D eigenvalue weighted by Gasteiger charge is -2.35. The van der Waals surface area contributed by atoms with Gasteiger partial charge in [-0.05, 0) is 18.6 Å². The number of nitrogens with zero attached hydrogens (tertiary/aromatic N) is 1. The predicted octanol–water partition coefficient (Wildman–Crippen LogP) is 2.95. The first-order valence-electron chi connectivity index (χ1n) is 6.21. The fraction of sp³-hybridized carbons (Fsp3) is 0.462. The first-order valence-corrected chi connectivity index (χ1v) is 7.64. The van der Waals surface area contributed by atoms with Crippen molar-refractivity contribution in [1.29, 1.82) is 0 Å². The molecular weight excluding hydrogens is 284 g/mol. The van der Waals surface area contributed by atoms with Crippen LogP contribution in [0.4, 0.5) is 11.4 Å². The highest BCUT2D eigenvalue weighted by atomic mass is 35.5. The van der Waals surface area contributed by atoms with Gasteiger partial charge in [-0.25, -0.2) is 4.79 Å². The van der Waals surface area contributed by atoms with Crippen LogP contribution in [0.2, 0.25) is 5.02 Å². The Morgan fingerprint density at radius 2 is 2.37 bits per heavy atom. The number of benzene rings is 1. The third-order valence-electron chi connectivity index (χ3n) is 3.23. The Morgan fingerprint density at radius 1 is 1.63 bits per heavy atom. The maximum atomic E-state index is 11.4. The topological polar surface area (TPSA) is 66.6 Å². The summed E-state index contributed by atoms with van der Waals surface area (Å²) in [6, 6.07) is 3.10. The molecule has 19 heavy (non-hydrogen) atoms. The second kappa shape index (κ2) is 5.92. The summed E-state index contributed by atoms with van der Waals surface area (Å²) in [6.45, 7) is 3.78. The van der Waals surface area contributed by atoms with E-state index in [0.717, 1.165) is 25.3 Å². The van der Waals surface area contributed by atoms with Gasteiger partial charge in [0.25, 0.3) is 0 Å². The van der Waals surface area contributed by atoms with Crippen LogP contribution in [0.3, 0.4) is 0 Å². The summed E-state index contributed by atoms with van der Waals surface area (Å²) in [5.41, 5.74) is 6.84. The molecule has 1 aromatic carbocycles. The normalized spacial score (nSPS) is 19.5. The summed E-state index contributed by atoms with van der Waals surface area (Å²) in [5, 5.41) is 10.3. The maximum absolute atomic E-state index is 11.4. The molecule has 0 amide bonds. The third kappa shape index (κ3) is 3.09. The molecule has 0 radical (unpaired) electrons. The quantitative estimate of drug-likeness (QED) is 0.840. The molecule has 104 valence electrons. The van der Waals surface area contributed by atoms with Crippen LogP contribution in [0.25, 0.3) is 0 Å². The van der Waals surface area contributed by atoms with Crippen molar-refractivity contribution in [2.75, 3.05) is 29.5 Å². The van der Waals surface area contributed by atoms with Crippen molar-refractivity contribution >= 4 is 40.7 Å². The van der Waals surface area contributed by atoms with Crippen LogP contribution >= 0.6 is 23.4 Å². The first kappa shape index (κ1) is 14.3. The van der Waals surface area contributed by atoms with Crippen LogP contribution in [-0.4, -0.2) is 35.2 Å². The molecule has 4 nitrogen and oxygen atoms in total. The van der Waals surface area contributed by atoms with Crippen molar-refractivity contribution in [2.24, 2.45) is 0 Å². The van der Waals surface area contributed by atoms with Crippen molar-refractivity contribution in [2.45, 2.75) is 18.6 Å². The number of hydrogen-bond acceptors (Lipinski definition) is 4. The van der Waals surface area contributed by atoms with Gasteiger partial charge in [0.05, 0.1) is 16.3 Å². The number of thioether (sulfide) groups is 1. The number of rotatable bonds is 3. The molecule has 0 aliphatic carbocycles. The molecule has 1 fully saturated rings. The van der Waals surface area contributed by atoms with Gasteiger partial charge in [0, 0.05) is 29.8 Å². The zero-order valence-corrected chi connectivity index (χ0v) is 12.3. The molecule has 1 aromatic rings. The molecule has 1 heterocycles. The van der Waals surface area contributed by atoms with Gasteiger partial charge in [0.1, 0.15) is 0 Å². The van der Waals surface area contributed by atoms with E-state index in [1.807, 2.05) is 11.8 Å². The maximum Gasteiger partial charge on any atom is 0.337 e. The number of nitrogens with two attached hydrogens (primary N) is 1. The SMILES string of the molecule is CCC1CN(c2c(Cl)cc(N)cc2C(=O)O)CCS1. The number of carboxylic acids is 1. The van der Waals surface area contributed by atoms with E-state index in [-0.39, 0.29) is 5.56 Å². The Bertz CT molecular complexity index is 496. The minimum absolute atomic E-state index is 0.187. The largest absolute Gasteiger partial charge is 0.478 e. The molecule has 0 spiro atoms. The summed E-state index contributed by atoms with van der Waals surface area (Å²) in [6.07, 6.45) is 1.07. The average Bonchev–Trinajstić information content (AvgIpc) is 2.37. The fourth-order valence-electron chi connectivity index (χ4n) is 2.27. The summed E-state index contributed by atoms with van der Waals surface area (Å²) in [7, 11) is 0. The number of hydrogen-bond donors (Lipinski definition) is 2. The van der Waals surface area contributed by atoms with Gasteiger partial charge in [-0.15, -0.1) is 0 Å². The minimum atomic E-state index is -0.990. The van der Waals surface area contributed by atoms with Crippen LogP contribution in [-0.2, 0) is 0 Å². The van der Waals surface area contributed by atoms with Gasteiger partial charge in [-0.3, -0.25) is 0 Å². The zero-order valence-electron chi connectivity index (χ0n) is 10.7. The van der Waals surface area contributed by atoms with E-state index in [4.69, 9.17) is 17.3 Å². The Morgan fingerprint density at radius 3 is 3.00 bits per heavy atom. The van der Waals surface area contributed by atoms with Crippen molar-refractivity contribution in [3.8, 4) is 0 Å². The molecular formula is C13H17ClN2O2S. The van der Waals surface area contributed by atoms with Crippen molar-refractivity contribution in [1.82, 2.24) is 0 Å².